The summed E-state index contributed by atoms with van der Waals surface area (Å²) < 4.78 is 30.7. The highest BCUT2D eigenvalue weighted by Crippen LogP contribution is 2.51. The van der Waals surface area contributed by atoms with E-state index in [1.165, 1.54) is 24.3 Å². The lowest BCUT2D eigenvalue weighted by Gasteiger charge is -2.43. The molecule has 2 aromatic rings. The number of methoxy groups -OCH3 is 1. The van der Waals surface area contributed by atoms with Crippen LogP contribution in [-0.2, 0) is 6.42 Å². The number of quaternary nitrogens is 1. The molecule has 0 saturated carbocycles. The molecule has 2 heterocycles. The third-order valence-corrected chi connectivity index (χ3v) is 5.63. The minimum atomic E-state index is -0.347. The molecule has 6 heteroatoms. The first-order chi connectivity index (χ1) is 12.9. The molecule has 0 radical (unpaired) electrons. The molecule has 2 aliphatic rings. The van der Waals surface area contributed by atoms with Crippen LogP contribution >= 0.6 is 0 Å². The zero-order valence-electron chi connectivity index (χ0n) is 15.8. The van der Waals surface area contributed by atoms with Gasteiger partial charge in [0.25, 0.3) is 0 Å². The molecule has 27 heavy (non-hydrogen) atoms. The maximum Gasteiger partial charge on any atom is 0.231 e. The second-order valence-electron chi connectivity index (χ2n) is 7.62. The number of ether oxygens (including phenoxy) is 3. The summed E-state index contributed by atoms with van der Waals surface area (Å²) in [6, 6.07) is 7.64. The molecule has 5 nitrogen and oxygen atoms in total. The largest absolute Gasteiger partial charge is 0.492 e. The monoisotopic (exact) mass is 372 g/mol. The normalized spacial score (nSPS) is 19.5. The van der Waals surface area contributed by atoms with Gasteiger partial charge in [0.2, 0.25) is 12.5 Å². The van der Waals surface area contributed by atoms with E-state index in [1.54, 1.807) is 7.11 Å². The van der Waals surface area contributed by atoms with Gasteiger partial charge in [0.1, 0.15) is 11.9 Å². The zero-order valence-corrected chi connectivity index (χ0v) is 15.8. The number of likely N-dealkylation sites (N-methyl/N-ethyl adjacent to an activating group) is 1. The molecule has 0 aromatic heterocycles. The van der Waals surface area contributed by atoms with Crippen molar-refractivity contribution in [1.29, 1.82) is 0 Å². The number of carbonyl (C=O) groups excluding carboxylic acids is 1. The van der Waals surface area contributed by atoms with Crippen molar-refractivity contribution in [3.8, 4) is 17.2 Å². The van der Waals surface area contributed by atoms with E-state index in [0.717, 1.165) is 24.1 Å². The number of nitrogens with zero attached hydrogens (tertiary/aromatic N) is 1. The van der Waals surface area contributed by atoms with Crippen LogP contribution in [0.1, 0.15) is 33.9 Å². The van der Waals surface area contributed by atoms with Crippen molar-refractivity contribution < 1.29 is 27.9 Å². The Balaban J connectivity index is 1.76. The zero-order chi connectivity index (χ0) is 19.2. The second-order valence-corrected chi connectivity index (χ2v) is 7.62. The van der Waals surface area contributed by atoms with Gasteiger partial charge in [-0.2, -0.15) is 0 Å². The van der Waals surface area contributed by atoms with Crippen molar-refractivity contribution in [1.82, 2.24) is 0 Å². The lowest BCUT2D eigenvalue weighted by molar-refractivity contribution is -0.922. The predicted octanol–water partition coefficient (Wildman–Crippen LogP) is 3.51. The molecule has 4 rings (SSSR count). The topological polar surface area (TPSA) is 44.8 Å². The molecule has 0 bridgehead atoms. The van der Waals surface area contributed by atoms with E-state index in [0.29, 0.717) is 33.7 Å². The number of carbonyl (C=O) groups is 1. The summed E-state index contributed by atoms with van der Waals surface area (Å²) in [5.74, 6) is 1.60. The highest BCUT2D eigenvalue weighted by molar-refractivity contribution is 5.96. The Bertz CT molecular complexity index is 892. The highest BCUT2D eigenvalue weighted by Gasteiger charge is 2.42. The summed E-state index contributed by atoms with van der Waals surface area (Å²) in [6.45, 7) is 1.07. The van der Waals surface area contributed by atoms with Gasteiger partial charge in [-0.05, 0) is 35.9 Å². The van der Waals surface area contributed by atoms with Crippen LogP contribution in [0.15, 0.2) is 30.3 Å². The van der Waals surface area contributed by atoms with Gasteiger partial charge in [0, 0.05) is 12.0 Å². The van der Waals surface area contributed by atoms with Crippen LogP contribution in [0.5, 0.6) is 17.2 Å². The standard InChI is InChI=1S/C21H23FNO4/c1-23(2)9-8-14-10-18-20(27-12-26-18)21(25-3)19(14)16(23)11-17(24)13-4-6-15(22)7-5-13/h4-7,10,16H,8-9,11-12H2,1-3H3/q+1/t16-/m1/s1. The Hall–Kier alpha value is -2.60. The van der Waals surface area contributed by atoms with Crippen molar-refractivity contribution in [3.63, 3.8) is 0 Å². The van der Waals surface area contributed by atoms with Crippen molar-refractivity contribution in [2.75, 3.05) is 34.5 Å². The molecule has 142 valence electrons. The molecule has 0 fully saturated rings. The molecule has 2 aromatic carbocycles. The van der Waals surface area contributed by atoms with Crippen molar-refractivity contribution >= 4 is 5.78 Å². The van der Waals surface area contributed by atoms with Crippen LogP contribution in [-0.4, -0.2) is 44.8 Å². The maximum absolute atomic E-state index is 13.2. The van der Waals surface area contributed by atoms with Gasteiger partial charge in [0.05, 0.1) is 39.7 Å². The van der Waals surface area contributed by atoms with Crippen LogP contribution in [0.25, 0.3) is 0 Å². The van der Waals surface area contributed by atoms with Crippen LogP contribution in [0.4, 0.5) is 4.39 Å². The summed E-state index contributed by atoms with van der Waals surface area (Å²) in [6.07, 6.45) is 1.18. The third-order valence-electron chi connectivity index (χ3n) is 5.63. The highest BCUT2D eigenvalue weighted by atomic mass is 19.1. The summed E-state index contributed by atoms with van der Waals surface area (Å²) in [4.78, 5) is 12.9. The van der Waals surface area contributed by atoms with Crippen LogP contribution in [0, 0.1) is 5.82 Å². The molecular weight excluding hydrogens is 349 g/mol. The van der Waals surface area contributed by atoms with Gasteiger partial charge in [-0.15, -0.1) is 0 Å². The summed E-state index contributed by atoms with van der Waals surface area (Å²) in [5.41, 5.74) is 2.65. The fourth-order valence-electron chi connectivity index (χ4n) is 4.04. The summed E-state index contributed by atoms with van der Waals surface area (Å²) >= 11 is 0. The number of Topliss-reactive ketones (excluding diaryl/α,β-unsaturated/α-hetero) is 1. The number of fused-ring (bicyclic) bond motifs is 2. The van der Waals surface area contributed by atoms with Crippen LogP contribution in [0.3, 0.4) is 0 Å². The Labute approximate surface area is 157 Å². The van der Waals surface area contributed by atoms with Crippen molar-refractivity contribution in [2.24, 2.45) is 0 Å². The van der Waals surface area contributed by atoms with Gasteiger partial charge in [0.15, 0.2) is 17.3 Å². The maximum atomic E-state index is 13.2. The van der Waals surface area contributed by atoms with Gasteiger partial charge in [-0.3, -0.25) is 4.79 Å². The molecule has 0 saturated heterocycles. The van der Waals surface area contributed by atoms with Crippen molar-refractivity contribution in [3.05, 3.63) is 52.8 Å². The fourth-order valence-corrected chi connectivity index (χ4v) is 4.04. The quantitative estimate of drug-likeness (QED) is 0.609. The number of hydrogen-bond donors (Lipinski definition) is 0. The average molecular weight is 372 g/mol. The van der Waals surface area contributed by atoms with E-state index < -0.39 is 0 Å². The number of ketones is 1. The molecule has 0 N–H and O–H groups in total. The minimum absolute atomic E-state index is 0.0150. The van der Waals surface area contributed by atoms with E-state index in [9.17, 15) is 9.18 Å². The van der Waals surface area contributed by atoms with E-state index in [-0.39, 0.29) is 24.4 Å². The molecule has 2 aliphatic heterocycles. The van der Waals surface area contributed by atoms with Gasteiger partial charge in [-0.1, -0.05) is 0 Å². The van der Waals surface area contributed by atoms with E-state index in [4.69, 9.17) is 14.2 Å². The molecular formula is C21H23FNO4+. The van der Waals surface area contributed by atoms with Crippen LogP contribution in [0.2, 0.25) is 0 Å². The molecule has 0 amide bonds. The fraction of sp³-hybridized carbons (Fsp3) is 0.381. The minimum Gasteiger partial charge on any atom is -0.492 e. The first-order valence-corrected chi connectivity index (χ1v) is 9.01. The number of hydrogen-bond acceptors (Lipinski definition) is 4. The molecule has 1 atom stereocenters. The predicted molar refractivity (Wildman–Crippen MR) is 97.9 cm³/mol. The van der Waals surface area contributed by atoms with Crippen molar-refractivity contribution in [2.45, 2.75) is 18.9 Å². The summed E-state index contributed by atoms with van der Waals surface area (Å²) in [5, 5.41) is 0. The number of benzene rings is 2. The molecule has 0 spiro atoms. The lowest BCUT2D eigenvalue weighted by atomic mass is 9.86. The average Bonchev–Trinajstić information content (AvgIpc) is 3.11. The Kier molecular flexibility index (Phi) is 4.30. The van der Waals surface area contributed by atoms with E-state index in [1.807, 2.05) is 6.07 Å². The second kappa shape index (κ2) is 6.53. The number of rotatable bonds is 4. The molecule has 0 unspecified atom stereocenters. The van der Waals surface area contributed by atoms with Gasteiger partial charge >= 0.3 is 0 Å². The first kappa shape index (κ1) is 17.8. The smallest absolute Gasteiger partial charge is 0.231 e. The van der Waals surface area contributed by atoms with E-state index in [2.05, 4.69) is 14.1 Å². The number of halogens is 1. The summed E-state index contributed by atoms with van der Waals surface area (Å²) in [7, 11) is 5.86. The Morgan fingerprint density at radius 1 is 1.26 bits per heavy atom. The lowest BCUT2D eigenvalue weighted by Crippen LogP contribution is -2.48. The Morgan fingerprint density at radius 2 is 2.00 bits per heavy atom. The molecule has 0 aliphatic carbocycles. The third kappa shape index (κ3) is 3.04. The van der Waals surface area contributed by atoms with Crippen LogP contribution < -0.4 is 14.2 Å². The Morgan fingerprint density at radius 3 is 2.70 bits per heavy atom. The van der Waals surface area contributed by atoms with Gasteiger partial charge in [-0.25, -0.2) is 4.39 Å². The first-order valence-electron chi connectivity index (χ1n) is 9.01. The van der Waals surface area contributed by atoms with Gasteiger partial charge < -0.3 is 18.7 Å². The SMILES string of the molecule is COc1c2c(cc3c1[C@@H](CC(=O)c1ccc(F)cc1)[N+](C)(C)CC3)OCO2. The van der Waals surface area contributed by atoms with E-state index >= 15 is 0 Å².